The Bertz CT molecular complexity index is 563. The lowest BCUT2D eigenvalue weighted by Crippen LogP contribution is -1.99. The highest BCUT2D eigenvalue weighted by atomic mass is 14.1. The smallest absolute Gasteiger partial charge is 0.00940 e. The van der Waals surface area contributed by atoms with Gasteiger partial charge in [0, 0.05) is 0 Å². The summed E-state index contributed by atoms with van der Waals surface area (Å²) in [5.41, 5.74) is 2.84. The average molecular weight is 252 g/mol. The van der Waals surface area contributed by atoms with Crippen molar-refractivity contribution in [1.29, 1.82) is 0 Å². The maximum atomic E-state index is 3.86. The first-order valence-electron chi connectivity index (χ1n) is 7.24. The van der Waals surface area contributed by atoms with Gasteiger partial charge in [0.1, 0.15) is 0 Å². The van der Waals surface area contributed by atoms with E-state index in [-0.39, 0.29) is 0 Å². The van der Waals surface area contributed by atoms with Crippen LogP contribution < -0.4 is 0 Å². The van der Waals surface area contributed by atoms with E-state index >= 15 is 0 Å². The first kappa shape index (κ1) is 13.9. The topological polar surface area (TPSA) is 0 Å². The fourth-order valence-corrected chi connectivity index (χ4v) is 2.84. The minimum atomic E-state index is 0.626. The van der Waals surface area contributed by atoms with Crippen LogP contribution in [-0.2, 0) is 6.42 Å². The van der Waals surface area contributed by atoms with Crippen LogP contribution >= 0.6 is 0 Å². The van der Waals surface area contributed by atoms with Crippen molar-refractivity contribution < 1.29 is 0 Å². The van der Waals surface area contributed by atoms with Gasteiger partial charge in [-0.1, -0.05) is 63.2 Å². The van der Waals surface area contributed by atoms with Crippen LogP contribution in [0.3, 0.4) is 0 Å². The first-order chi connectivity index (χ1) is 9.11. The van der Waals surface area contributed by atoms with Gasteiger partial charge in [0.25, 0.3) is 0 Å². The van der Waals surface area contributed by atoms with E-state index < -0.39 is 0 Å². The third-order valence-corrected chi connectivity index (χ3v) is 3.75. The Hall–Kier alpha value is -1.56. The van der Waals surface area contributed by atoms with Crippen molar-refractivity contribution in [2.45, 2.75) is 39.5 Å². The van der Waals surface area contributed by atoms with Gasteiger partial charge in [-0.2, -0.15) is 0 Å². The van der Waals surface area contributed by atoms with Gasteiger partial charge in [-0.25, -0.2) is 0 Å². The molecule has 0 aliphatic rings. The van der Waals surface area contributed by atoms with Crippen LogP contribution in [-0.4, -0.2) is 0 Å². The summed E-state index contributed by atoms with van der Waals surface area (Å²) in [6.45, 7) is 10.8. The molecule has 100 valence electrons. The fraction of sp³-hybridized carbons (Fsp3) is 0.368. The molecule has 0 N–H and O–H groups in total. The Morgan fingerprint density at radius 1 is 1.11 bits per heavy atom. The van der Waals surface area contributed by atoms with E-state index in [1.807, 2.05) is 6.08 Å². The van der Waals surface area contributed by atoms with Crippen LogP contribution in [0.4, 0.5) is 0 Å². The zero-order chi connectivity index (χ0) is 13.8. The first-order valence-corrected chi connectivity index (χ1v) is 7.24. The van der Waals surface area contributed by atoms with Crippen molar-refractivity contribution in [1.82, 2.24) is 0 Å². The maximum Gasteiger partial charge on any atom is -0.00940 e. The van der Waals surface area contributed by atoms with E-state index in [0.717, 1.165) is 12.3 Å². The molecule has 0 spiro atoms. The SMILES string of the molecule is C=CCc1cccc2ccc(C(C)CC(C)C)cc12. The molecule has 2 aromatic carbocycles. The van der Waals surface area contributed by atoms with Crippen LogP contribution in [0.25, 0.3) is 10.8 Å². The predicted octanol–water partition coefficient (Wildman–Crippen LogP) is 5.72. The van der Waals surface area contributed by atoms with Crippen molar-refractivity contribution in [3.05, 3.63) is 60.2 Å². The van der Waals surface area contributed by atoms with E-state index in [9.17, 15) is 0 Å². The Kier molecular flexibility index (Phi) is 4.42. The zero-order valence-electron chi connectivity index (χ0n) is 12.3. The van der Waals surface area contributed by atoms with E-state index in [2.05, 4.69) is 63.7 Å². The molecule has 0 saturated carbocycles. The van der Waals surface area contributed by atoms with Crippen molar-refractivity contribution >= 4 is 10.8 Å². The Labute approximate surface area is 117 Å². The quantitative estimate of drug-likeness (QED) is 0.597. The minimum Gasteiger partial charge on any atom is -0.103 e. The molecule has 0 aliphatic heterocycles. The molecule has 19 heavy (non-hydrogen) atoms. The number of fused-ring (bicyclic) bond motifs is 1. The van der Waals surface area contributed by atoms with Crippen LogP contribution in [0.2, 0.25) is 0 Å². The largest absolute Gasteiger partial charge is 0.103 e. The van der Waals surface area contributed by atoms with Gasteiger partial charge in [-0.15, -0.1) is 6.58 Å². The number of hydrogen-bond donors (Lipinski definition) is 0. The van der Waals surface area contributed by atoms with Crippen molar-refractivity contribution in [2.75, 3.05) is 0 Å². The van der Waals surface area contributed by atoms with Crippen molar-refractivity contribution in [3.63, 3.8) is 0 Å². The fourth-order valence-electron chi connectivity index (χ4n) is 2.84. The van der Waals surface area contributed by atoms with Gasteiger partial charge in [0.15, 0.2) is 0 Å². The highest BCUT2D eigenvalue weighted by Crippen LogP contribution is 2.28. The third kappa shape index (κ3) is 3.26. The molecule has 0 nitrogen and oxygen atoms in total. The second kappa shape index (κ2) is 6.06. The lowest BCUT2D eigenvalue weighted by molar-refractivity contribution is 0.524. The summed E-state index contributed by atoms with van der Waals surface area (Å²) in [5.74, 6) is 1.37. The number of rotatable bonds is 5. The number of hydrogen-bond acceptors (Lipinski definition) is 0. The molecule has 0 heteroatoms. The Morgan fingerprint density at radius 2 is 1.89 bits per heavy atom. The van der Waals surface area contributed by atoms with Gasteiger partial charge in [-0.05, 0) is 46.6 Å². The van der Waals surface area contributed by atoms with Crippen molar-refractivity contribution in [3.8, 4) is 0 Å². The van der Waals surface area contributed by atoms with E-state index in [0.29, 0.717) is 5.92 Å². The molecule has 0 radical (unpaired) electrons. The van der Waals surface area contributed by atoms with Crippen LogP contribution in [0.5, 0.6) is 0 Å². The highest BCUT2D eigenvalue weighted by Gasteiger charge is 2.09. The summed E-state index contributed by atoms with van der Waals surface area (Å²) in [4.78, 5) is 0. The molecule has 0 saturated heterocycles. The second-order valence-corrected chi connectivity index (χ2v) is 5.92. The number of allylic oxidation sites excluding steroid dienone is 1. The molecule has 0 aliphatic carbocycles. The summed E-state index contributed by atoms with van der Waals surface area (Å²) in [6.07, 6.45) is 4.17. The summed E-state index contributed by atoms with van der Waals surface area (Å²) >= 11 is 0. The molecular weight excluding hydrogens is 228 g/mol. The normalized spacial score (nSPS) is 12.8. The molecule has 0 amide bonds. The molecule has 2 rings (SSSR count). The summed E-state index contributed by atoms with van der Waals surface area (Å²) in [5, 5.41) is 2.72. The van der Waals surface area contributed by atoms with Gasteiger partial charge in [0.2, 0.25) is 0 Å². The lowest BCUT2D eigenvalue weighted by atomic mass is 9.89. The molecule has 2 aromatic rings. The minimum absolute atomic E-state index is 0.626. The molecular formula is C19H24. The highest BCUT2D eigenvalue weighted by molar-refractivity contribution is 5.86. The lowest BCUT2D eigenvalue weighted by Gasteiger charge is -2.16. The monoisotopic (exact) mass is 252 g/mol. The van der Waals surface area contributed by atoms with Gasteiger partial charge in [0.05, 0.1) is 0 Å². The van der Waals surface area contributed by atoms with Crippen LogP contribution in [0.1, 0.15) is 44.2 Å². The summed E-state index contributed by atoms with van der Waals surface area (Å²) in [7, 11) is 0. The summed E-state index contributed by atoms with van der Waals surface area (Å²) < 4.78 is 0. The predicted molar refractivity (Wildman–Crippen MR) is 85.7 cm³/mol. The van der Waals surface area contributed by atoms with E-state index in [1.165, 1.54) is 28.3 Å². The maximum absolute atomic E-state index is 3.86. The molecule has 0 aromatic heterocycles. The Balaban J connectivity index is 2.43. The van der Waals surface area contributed by atoms with Gasteiger partial charge >= 0.3 is 0 Å². The third-order valence-electron chi connectivity index (χ3n) is 3.75. The average Bonchev–Trinajstić information content (AvgIpc) is 2.38. The van der Waals surface area contributed by atoms with E-state index in [4.69, 9.17) is 0 Å². The van der Waals surface area contributed by atoms with Crippen LogP contribution in [0.15, 0.2) is 49.1 Å². The summed E-state index contributed by atoms with van der Waals surface area (Å²) in [6, 6.07) is 13.5. The Morgan fingerprint density at radius 3 is 2.58 bits per heavy atom. The number of benzene rings is 2. The molecule has 0 heterocycles. The molecule has 1 unspecified atom stereocenters. The standard InChI is InChI=1S/C19H24/c1-5-7-16-8-6-9-17-10-11-18(13-19(16)17)15(4)12-14(2)3/h5-6,8-11,13-15H,1,7,12H2,2-4H3. The molecule has 0 fully saturated rings. The van der Waals surface area contributed by atoms with Gasteiger partial charge in [-0.3, -0.25) is 0 Å². The van der Waals surface area contributed by atoms with Crippen LogP contribution in [0, 0.1) is 5.92 Å². The zero-order valence-corrected chi connectivity index (χ0v) is 12.3. The molecule has 0 bridgehead atoms. The van der Waals surface area contributed by atoms with E-state index in [1.54, 1.807) is 0 Å². The molecule has 1 atom stereocenters. The second-order valence-electron chi connectivity index (χ2n) is 5.92. The van der Waals surface area contributed by atoms with Gasteiger partial charge < -0.3 is 0 Å². The van der Waals surface area contributed by atoms with Crippen molar-refractivity contribution in [2.24, 2.45) is 5.92 Å².